The molecule has 2 aliphatic rings. The van der Waals surface area contributed by atoms with Gasteiger partial charge in [-0.05, 0) is 75.5 Å². The first kappa shape index (κ1) is 33.7. The molecule has 0 aliphatic carbocycles. The van der Waals surface area contributed by atoms with E-state index in [2.05, 4.69) is 53.3 Å². The number of carbonyl (C=O) groups is 2. The van der Waals surface area contributed by atoms with Gasteiger partial charge in [-0.15, -0.1) is 6.58 Å². The Kier molecular flexibility index (Phi) is 12.8. The quantitative estimate of drug-likeness (QED) is 0.177. The van der Waals surface area contributed by atoms with Crippen molar-refractivity contribution in [1.29, 1.82) is 0 Å². The smallest absolute Gasteiger partial charge is 0.305 e. The number of aromatic hydroxyl groups is 1. The van der Waals surface area contributed by atoms with Crippen LogP contribution in [-0.2, 0) is 9.53 Å². The lowest BCUT2D eigenvalue weighted by Crippen LogP contribution is -2.57. The number of esters is 1. The number of piperazine rings is 2. The Morgan fingerprint density at radius 3 is 2.36 bits per heavy atom. The molecule has 8 nitrogen and oxygen atoms in total. The molecule has 2 aromatic carbocycles. The van der Waals surface area contributed by atoms with Crippen LogP contribution in [0.2, 0.25) is 0 Å². The van der Waals surface area contributed by atoms with Crippen LogP contribution in [0.25, 0.3) is 0 Å². The van der Waals surface area contributed by atoms with Gasteiger partial charge in [-0.1, -0.05) is 43.2 Å². The Morgan fingerprint density at radius 2 is 1.66 bits per heavy atom. The molecule has 0 aromatic heterocycles. The molecular weight excluding hydrogens is 552 g/mol. The summed E-state index contributed by atoms with van der Waals surface area (Å²) in [4.78, 5) is 34.6. The van der Waals surface area contributed by atoms with E-state index in [1.54, 1.807) is 6.07 Å². The second-order valence-corrected chi connectivity index (χ2v) is 12.4. The first-order valence-electron chi connectivity index (χ1n) is 16.5. The third-order valence-corrected chi connectivity index (χ3v) is 9.06. The summed E-state index contributed by atoms with van der Waals surface area (Å²) in [5.74, 6) is 0.234. The van der Waals surface area contributed by atoms with E-state index in [-0.39, 0.29) is 29.7 Å². The van der Waals surface area contributed by atoms with Crippen LogP contribution in [0.5, 0.6) is 5.75 Å². The molecule has 1 N–H and O–H groups in total. The molecule has 1 unspecified atom stereocenters. The predicted molar refractivity (Wildman–Crippen MR) is 176 cm³/mol. The van der Waals surface area contributed by atoms with Crippen molar-refractivity contribution in [1.82, 2.24) is 19.6 Å². The molecule has 4 rings (SSSR count). The largest absolute Gasteiger partial charge is 0.508 e. The molecule has 44 heavy (non-hydrogen) atoms. The van der Waals surface area contributed by atoms with Crippen LogP contribution in [-0.4, -0.2) is 108 Å². The molecule has 2 heterocycles. The monoisotopic (exact) mass is 604 g/mol. The highest BCUT2D eigenvalue weighted by molar-refractivity contribution is 5.94. The zero-order valence-electron chi connectivity index (χ0n) is 27.0. The summed E-state index contributed by atoms with van der Waals surface area (Å²) in [6.45, 7) is 17.7. The predicted octanol–water partition coefficient (Wildman–Crippen LogP) is 5.33. The van der Waals surface area contributed by atoms with Gasteiger partial charge in [-0.25, -0.2) is 0 Å². The van der Waals surface area contributed by atoms with Gasteiger partial charge in [0.15, 0.2) is 0 Å². The fraction of sp³-hybridized carbons (Fsp3) is 0.556. The maximum Gasteiger partial charge on any atom is 0.305 e. The second kappa shape index (κ2) is 16.8. The average molecular weight is 605 g/mol. The van der Waals surface area contributed by atoms with Gasteiger partial charge in [0.2, 0.25) is 0 Å². The zero-order chi connectivity index (χ0) is 31.5. The minimum atomic E-state index is -0.0973. The van der Waals surface area contributed by atoms with E-state index >= 15 is 0 Å². The molecule has 3 atom stereocenters. The molecule has 0 radical (unpaired) electrons. The lowest BCUT2D eigenvalue weighted by atomic mass is 9.92. The number of carbonyl (C=O) groups excluding carboxylic acids is 2. The summed E-state index contributed by atoms with van der Waals surface area (Å²) in [5, 5.41) is 10.4. The number of phenolic OH excluding ortho intramolecular Hbond substituents is 1. The second-order valence-electron chi connectivity index (χ2n) is 12.4. The highest BCUT2D eigenvalue weighted by Gasteiger charge is 2.35. The molecule has 0 bridgehead atoms. The number of ether oxygens (including phenoxy) is 1. The molecule has 0 saturated carbocycles. The van der Waals surface area contributed by atoms with E-state index in [1.807, 2.05) is 42.2 Å². The van der Waals surface area contributed by atoms with Gasteiger partial charge in [0.05, 0.1) is 12.6 Å². The maximum absolute atomic E-state index is 13.7. The summed E-state index contributed by atoms with van der Waals surface area (Å²) in [7, 11) is 0. The Hall–Kier alpha value is -3.20. The SMILES string of the molecule is C=CCN1CC(C)N([C@@H](c2cccc(O)c2)c2cccc(C(=O)N3CCN(CCCCCCC(=O)OCC)CC3)c2)C[C@H]1C. The highest BCUT2D eigenvalue weighted by atomic mass is 16.5. The molecule has 2 aliphatic heterocycles. The summed E-state index contributed by atoms with van der Waals surface area (Å²) >= 11 is 0. The summed E-state index contributed by atoms with van der Waals surface area (Å²) in [5.41, 5.74) is 2.81. The van der Waals surface area contributed by atoms with Crippen LogP contribution < -0.4 is 0 Å². The molecule has 8 heteroatoms. The lowest BCUT2D eigenvalue weighted by molar-refractivity contribution is -0.143. The Morgan fingerprint density at radius 1 is 0.955 bits per heavy atom. The third-order valence-electron chi connectivity index (χ3n) is 9.06. The van der Waals surface area contributed by atoms with E-state index in [1.165, 1.54) is 0 Å². The molecule has 2 fully saturated rings. The number of rotatable bonds is 14. The molecule has 240 valence electrons. The Labute approximate surface area is 264 Å². The highest BCUT2D eigenvalue weighted by Crippen LogP contribution is 2.35. The van der Waals surface area contributed by atoms with Gasteiger partial charge in [0, 0.05) is 69.9 Å². The fourth-order valence-electron chi connectivity index (χ4n) is 6.67. The summed E-state index contributed by atoms with van der Waals surface area (Å²) in [6, 6.07) is 16.2. The third kappa shape index (κ3) is 9.16. The molecular formula is C36H52N4O4. The van der Waals surface area contributed by atoms with Gasteiger partial charge in [-0.2, -0.15) is 0 Å². The van der Waals surface area contributed by atoms with Crippen molar-refractivity contribution in [2.45, 2.75) is 71.0 Å². The van der Waals surface area contributed by atoms with E-state index in [9.17, 15) is 14.7 Å². The van der Waals surface area contributed by atoms with E-state index < -0.39 is 0 Å². The van der Waals surface area contributed by atoms with Crippen molar-refractivity contribution in [3.05, 3.63) is 77.9 Å². The normalized spacial score (nSPS) is 20.8. The van der Waals surface area contributed by atoms with Crippen molar-refractivity contribution < 1.29 is 19.4 Å². The van der Waals surface area contributed by atoms with Crippen molar-refractivity contribution in [2.24, 2.45) is 0 Å². The topological polar surface area (TPSA) is 76.6 Å². The summed E-state index contributed by atoms with van der Waals surface area (Å²) < 4.78 is 5.00. The lowest BCUT2D eigenvalue weighted by Gasteiger charge is -2.47. The van der Waals surface area contributed by atoms with E-state index in [0.717, 1.165) is 89.2 Å². The average Bonchev–Trinajstić information content (AvgIpc) is 3.02. The number of phenols is 1. The first-order valence-corrected chi connectivity index (χ1v) is 16.5. The summed E-state index contributed by atoms with van der Waals surface area (Å²) in [6.07, 6.45) is 6.61. The van der Waals surface area contributed by atoms with E-state index in [4.69, 9.17) is 4.74 Å². The number of benzene rings is 2. The van der Waals surface area contributed by atoms with Crippen LogP contribution in [0.15, 0.2) is 61.2 Å². The minimum absolute atomic E-state index is 0.0766. The molecule has 2 aromatic rings. The maximum atomic E-state index is 13.7. The van der Waals surface area contributed by atoms with Crippen molar-refractivity contribution in [3.8, 4) is 5.75 Å². The van der Waals surface area contributed by atoms with Crippen LogP contribution in [0.4, 0.5) is 0 Å². The van der Waals surface area contributed by atoms with Crippen LogP contribution in [0, 0.1) is 0 Å². The van der Waals surface area contributed by atoms with E-state index in [0.29, 0.717) is 24.6 Å². The number of hydrogen-bond acceptors (Lipinski definition) is 7. The Balaban J connectivity index is 1.38. The van der Waals surface area contributed by atoms with Gasteiger partial charge in [0.25, 0.3) is 5.91 Å². The number of hydrogen-bond donors (Lipinski definition) is 1. The number of unbranched alkanes of at least 4 members (excludes halogenated alkanes) is 3. The van der Waals surface area contributed by atoms with Gasteiger partial charge < -0.3 is 14.7 Å². The van der Waals surface area contributed by atoms with Gasteiger partial charge in [-0.3, -0.25) is 24.3 Å². The van der Waals surface area contributed by atoms with Crippen molar-refractivity contribution in [2.75, 3.05) is 59.0 Å². The zero-order valence-corrected chi connectivity index (χ0v) is 27.0. The number of nitrogens with zero attached hydrogens (tertiary/aromatic N) is 4. The first-order chi connectivity index (χ1) is 21.3. The van der Waals surface area contributed by atoms with Crippen LogP contribution in [0.3, 0.4) is 0 Å². The minimum Gasteiger partial charge on any atom is -0.508 e. The fourth-order valence-corrected chi connectivity index (χ4v) is 6.67. The molecule has 2 saturated heterocycles. The van der Waals surface area contributed by atoms with Crippen molar-refractivity contribution >= 4 is 11.9 Å². The van der Waals surface area contributed by atoms with Crippen LogP contribution in [0.1, 0.15) is 80.4 Å². The molecule has 1 amide bonds. The molecule has 0 spiro atoms. The van der Waals surface area contributed by atoms with Crippen molar-refractivity contribution in [3.63, 3.8) is 0 Å². The Bertz CT molecular complexity index is 1230. The number of amides is 1. The van der Waals surface area contributed by atoms with Gasteiger partial charge >= 0.3 is 5.97 Å². The van der Waals surface area contributed by atoms with Gasteiger partial charge in [0.1, 0.15) is 5.75 Å². The standard InChI is InChI=1S/C36H52N4O4/c1-5-18-39-26-29(4)40(27-28(39)3)35(31-14-12-16-33(41)25-31)30-13-11-15-32(24-30)36(43)38-22-20-37(21-23-38)19-10-8-7-9-17-34(42)44-6-2/h5,11-16,24-25,28-29,35,41H,1,6-10,17-23,26-27H2,2-4H3/t28-,29?,35-/m1/s1. The van der Waals surface area contributed by atoms with Crippen LogP contribution >= 0.6 is 0 Å².